The van der Waals surface area contributed by atoms with Crippen LogP contribution >= 0.6 is 0 Å². The first-order valence-corrected chi connectivity index (χ1v) is 13.1. The number of carbonyl (C=O) groups excluding carboxylic acids is 1. The SMILES string of the molecule is N#Cc1nccc(NC2CCN(Cc3ccc(-c4nc5cnc(C(N)=O)cn5c4-c4ccccc4)cc3)CC2)n1. The minimum atomic E-state index is -0.581. The Balaban J connectivity index is 1.17. The van der Waals surface area contributed by atoms with Crippen LogP contribution in [0.2, 0.25) is 0 Å². The number of hydrogen-bond donors (Lipinski definition) is 2. The molecule has 0 saturated carbocycles. The maximum atomic E-state index is 11.8. The average molecular weight is 530 g/mol. The number of imidazole rings is 1. The Morgan fingerprint density at radius 1 is 1.00 bits per heavy atom. The third-order valence-corrected chi connectivity index (χ3v) is 7.14. The zero-order valence-corrected chi connectivity index (χ0v) is 21.7. The van der Waals surface area contributed by atoms with Gasteiger partial charge in [0.05, 0.1) is 17.6 Å². The summed E-state index contributed by atoms with van der Waals surface area (Å²) in [6.45, 7) is 2.80. The first kappa shape index (κ1) is 25.2. The second kappa shape index (κ2) is 10.9. The van der Waals surface area contributed by atoms with Gasteiger partial charge >= 0.3 is 0 Å². The first-order chi connectivity index (χ1) is 19.6. The van der Waals surface area contributed by atoms with Gasteiger partial charge in [0.1, 0.15) is 17.6 Å². The van der Waals surface area contributed by atoms with Gasteiger partial charge in [-0.25, -0.2) is 19.9 Å². The predicted octanol–water partition coefficient (Wildman–Crippen LogP) is 3.90. The summed E-state index contributed by atoms with van der Waals surface area (Å²) >= 11 is 0. The molecule has 1 saturated heterocycles. The summed E-state index contributed by atoms with van der Waals surface area (Å²) < 4.78 is 1.88. The van der Waals surface area contributed by atoms with Crippen LogP contribution in [0.1, 0.15) is 34.7 Å². The van der Waals surface area contributed by atoms with Crippen molar-refractivity contribution in [2.45, 2.75) is 25.4 Å². The number of rotatable bonds is 7. The topological polar surface area (TPSA) is 138 Å². The molecule has 40 heavy (non-hydrogen) atoms. The minimum absolute atomic E-state index is 0.178. The molecule has 1 aliphatic heterocycles. The zero-order valence-electron chi connectivity index (χ0n) is 21.7. The number of anilines is 1. The summed E-state index contributed by atoms with van der Waals surface area (Å²) in [6, 6.07) is 22.6. The minimum Gasteiger partial charge on any atom is -0.367 e. The van der Waals surface area contributed by atoms with E-state index in [-0.39, 0.29) is 11.5 Å². The van der Waals surface area contributed by atoms with Crippen LogP contribution in [-0.2, 0) is 6.54 Å². The van der Waals surface area contributed by atoms with E-state index < -0.39 is 5.91 Å². The van der Waals surface area contributed by atoms with Crippen LogP contribution in [-0.4, -0.2) is 54.3 Å². The van der Waals surface area contributed by atoms with E-state index in [9.17, 15) is 4.79 Å². The van der Waals surface area contributed by atoms with Gasteiger partial charge in [0.2, 0.25) is 5.82 Å². The van der Waals surface area contributed by atoms with Crippen LogP contribution in [0.3, 0.4) is 0 Å². The Kier molecular flexibility index (Phi) is 6.87. The van der Waals surface area contributed by atoms with Gasteiger partial charge in [-0.05, 0) is 24.5 Å². The van der Waals surface area contributed by atoms with Crippen LogP contribution in [0.4, 0.5) is 5.82 Å². The van der Waals surface area contributed by atoms with Gasteiger partial charge in [0.25, 0.3) is 5.91 Å². The molecule has 4 heterocycles. The lowest BCUT2D eigenvalue weighted by molar-refractivity contribution is 0.0995. The Labute approximate surface area is 231 Å². The van der Waals surface area contributed by atoms with E-state index in [0.29, 0.717) is 17.5 Å². The lowest BCUT2D eigenvalue weighted by atomic mass is 10.0. The highest BCUT2D eigenvalue weighted by Crippen LogP contribution is 2.33. The molecular weight excluding hydrogens is 502 g/mol. The van der Waals surface area contributed by atoms with Crippen molar-refractivity contribution in [1.29, 1.82) is 5.26 Å². The number of likely N-dealkylation sites (tertiary alicyclic amines) is 1. The molecule has 5 aromatic rings. The largest absolute Gasteiger partial charge is 0.367 e. The second-order valence-corrected chi connectivity index (χ2v) is 9.81. The van der Waals surface area contributed by atoms with Gasteiger partial charge in [-0.15, -0.1) is 0 Å². The average Bonchev–Trinajstić information content (AvgIpc) is 3.38. The standard InChI is InChI=1S/C30H27N9O/c31-16-26-33-13-10-25(36-26)35-23-11-14-38(15-12-23)18-20-6-8-21(9-7-20)28-29(22-4-2-1-3-5-22)39-19-24(30(32)40)34-17-27(39)37-28/h1-10,13,17,19,23H,11-12,14-15,18H2,(H2,32,40)(H,33,35,36). The lowest BCUT2D eigenvalue weighted by Crippen LogP contribution is -2.38. The molecule has 2 aromatic carbocycles. The molecule has 1 aliphatic rings. The normalized spacial score (nSPS) is 14.2. The summed E-state index contributed by atoms with van der Waals surface area (Å²) in [5.41, 5.74) is 11.2. The van der Waals surface area contributed by atoms with Gasteiger partial charge in [-0.2, -0.15) is 5.26 Å². The number of benzene rings is 2. The van der Waals surface area contributed by atoms with Crippen LogP contribution < -0.4 is 11.1 Å². The quantitative estimate of drug-likeness (QED) is 0.324. The fraction of sp³-hybridized carbons (Fsp3) is 0.200. The fourth-order valence-electron chi connectivity index (χ4n) is 5.12. The summed E-state index contributed by atoms with van der Waals surface area (Å²) in [5.74, 6) is 0.295. The van der Waals surface area contributed by atoms with Gasteiger partial charge in [0, 0.05) is 49.2 Å². The summed E-state index contributed by atoms with van der Waals surface area (Å²) in [7, 11) is 0. The number of aromatic nitrogens is 5. The molecule has 3 N–H and O–H groups in total. The molecule has 10 nitrogen and oxygen atoms in total. The Bertz CT molecular complexity index is 1700. The molecule has 10 heteroatoms. The van der Waals surface area contributed by atoms with Crippen molar-refractivity contribution in [2.24, 2.45) is 5.73 Å². The second-order valence-electron chi connectivity index (χ2n) is 9.81. The highest BCUT2D eigenvalue weighted by molar-refractivity contribution is 5.91. The van der Waals surface area contributed by atoms with Crippen molar-refractivity contribution in [3.63, 3.8) is 0 Å². The van der Waals surface area contributed by atoms with Crippen molar-refractivity contribution < 1.29 is 4.79 Å². The van der Waals surface area contributed by atoms with E-state index in [2.05, 4.69) is 49.4 Å². The molecule has 6 rings (SSSR count). The van der Waals surface area contributed by atoms with Crippen LogP contribution in [0.25, 0.3) is 28.2 Å². The number of primary amides is 1. The van der Waals surface area contributed by atoms with Crippen molar-refractivity contribution in [1.82, 2.24) is 29.2 Å². The third kappa shape index (κ3) is 5.23. The number of nitrogens with two attached hydrogens (primary N) is 1. The number of nitrogens with zero attached hydrogens (tertiary/aromatic N) is 7. The van der Waals surface area contributed by atoms with E-state index in [1.165, 1.54) is 5.56 Å². The smallest absolute Gasteiger partial charge is 0.268 e. The van der Waals surface area contributed by atoms with Crippen molar-refractivity contribution in [3.05, 3.63) is 96.3 Å². The van der Waals surface area contributed by atoms with Crippen LogP contribution in [0.15, 0.2) is 79.3 Å². The van der Waals surface area contributed by atoms with Gasteiger partial charge in [0.15, 0.2) is 5.65 Å². The van der Waals surface area contributed by atoms with Gasteiger partial charge in [-0.3, -0.25) is 14.1 Å². The Morgan fingerprint density at radius 3 is 2.50 bits per heavy atom. The van der Waals surface area contributed by atoms with Gasteiger partial charge < -0.3 is 11.1 Å². The van der Waals surface area contributed by atoms with Crippen LogP contribution in [0, 0.1) is 11.3 Å². The highest BCUT2D eigenvalue weighted by atomic mass is 16.1. The van der Waals surface area contributed by atoms with Crippen molar-refractivity contribution in [3.8, 4) is 28.6 Å². The molecular formula is C30H27N9O. The number of hydrogen-bond acceptors (Lipinski definition) is 8. The lowest BCUT2D eigenvalue weighted by Gasteiger charge is -2.32. The Hall–Kier alpha value is -5.14. The summed E-state index contributed by atoms with van der Waals surface area (Å²) in [5, 5.41) is 12.5. The molecule has 0 unspecified atom stereocenters. The Morgan fingerprint density at radius 2 is 1.77 bits per heavy atom. The first-order valence-electron chi connectivity index (χ1n) is 13.1. The molecule has 0 spiro atoms. The fourth-order valence-corrected chi connectivity index (χ4v) is 5.12. The number of nitrogens with one attached hydrogen (secondary N) is 1. The maximum absolute atomic E-state index is 11.8. The number of piperidine rings is 1. The highest BCUT2D eigenvalue weighted by Gasteiger charge is 2.21. The van der Waals surface area contributed by atoms with E-state index in [1.807, 2.05) is 40.8 Å². The third-order valence-electron chi connectivity index (χ3n) is 7.14. The monoisotopic (exact) mass is 529 g/mol. The van der Waals surface area contributed by atoms with E-state index in [4.69, 9.17) is 16.0 Å². The van der Waals surface area contributed by atoms with Gasteiger partial charge in [-0.1, -0.05) is 54.6 Å². The molecule has 198 valence electrons. The molecule has 0 aliphatic carbocycles. The number of carbonyl (C=O) groups is 1. The molecule has 0 radical (unpaired) electrons. The summed E-state index contributed by atoms with van der Waals surface area (Å²) in [6.07, 6.45) is 6.82. The molecule has 0 bridgehead atoms. The maximum Gasteiger partial charge on any atom is 0.268 e. The molecule has 0 atom stereocenters. The van der Waals surface area contributed by atoms with E-state index in [1.54, 1.807) is 24.7 Å². The molecule has 1 amide bonds. The number of amides is 1. The van der Waals surface area contributed by atoms with Crippen molar-refractivity contribution >= 4 is 17.4 Å². The van der Waals surface area contributed by atoms with Crippen LogP contribution in [0.5, 0.6) is 0 Å². The van der Waals surface area contributed by atoms with E-state index >= 15 is 0 Å². The number of fused-ring (bicyclic) bond motifs is 1. The predicted molar refractivity (Wildman–Crippen MR) is 151 cm³/mol. The molecule has 1 fully saturated rings. The van der Waals surface area contributed by atoms with E-state index in [0.717, 1.165) is 55.0 Å². The molecule has 3 aromatic heterocycles. The number of nitriles is 1. The zero-order chi connectivity index (χ0) is 27.5. The summed E-state index contributed by atoms with van der Waals surface area (Å²) in [4.78, 5) is 31.4. The van der Waals surface area contributed by atoms with Crippen molar-refractivity contribution in [2.75, 3.05) is 18.4 Å².